The van der Waals surface area contributed by atoms with Crippen LogP contribution in [0.1, 0.15) is 21.5 Å². The Balaban J connectivity index is 2.26. The predicted octanol–water partition coefficient (Wildman–Crippen LogP) is 3.29. The van der Waals surface area contributed by atoms with Gasteiger partial charge in [-0.1, -0.05) is 36.0 Å². The average molecular weight is 304 g/mol. The fourth-order valence-electron chi connectivity index (χ4n) is 1.72. The molecule has 0 aliphatic carbocycles. The Kier molecular flexibility index (Phi) is 4.54. The fraction of sp³-hybridized carbons (Fsp3) is 0.143. The first kappa shape index (κ1) is 15.0. The van der Waals surface area contributed by atoms with Crippen LogP contribution < -0.4 is 0 Å². The van der Waals surface area contributed by atoms with Gasteiger partial charge in [-0.3, -0.25) is 10.1 Å². The molecule has 108 valence electrons. The van der Waals surface area contributed by atoms with E-state index in [1.54, 1.807) is 0 Å². The normalized spacial score (nSPS) is 10.3. The molecule has 0 aliphatic rings. The lowest BCUT2D eigenvalue weighted by Crippen LogP contribution is -2.01. The van der Waals surface area contributed by atoms with Crippen LogP contribution in [0.2, 0.25) is 0 Å². The van der Waals surface area contributed by atoms with Crippen molar-refractivity contribution in [1.29, 1.82) is 0 Å². The standard InChI is InChI=1S/C14H12N2O4S/c1-9-4-2-3-5-10(9)8-21-13-12(16(19)20)6-11(7-15-13)14(17)18/h2-7H,8H2,1H3,(H,17,18). The second-order valence-corrected chi connectivity index (χ2v) is 5.29. The largest absolute Gasteiger partial charge is 0.478 e. The van der Waals surface area contributed by atoms with Crippen molar-refractivity contribution < 1.29 is 14.8 Å². The Bertz CT molecular complexity index is 703. The van der Waals surface area contributed by atoms with Crippen LogP contribution in [0.15, 0.2) is 41.6 Å². The number of aromatic nitrogens is 1. The molecule has 1 N–H and O–H groups in total. The maximum absolute atomic E-state index is 11.0. The monoisotopic (exact) mass is 304 g/mol. The zero-order valence-electron chi connectivity index (χ0n) is 11.1. The highest BCUT2D eigenvalue weighted by molar-refractivity contribution is 7.98. The molecule has 0 fully saturated rings. The van der Waals surface area contributed by atoms with Gasteiger partial charge in [0.25, 0.3) is 0 Å². The minimum Gasteiger partial charge on any atom is -0.478 e. The average Bonchev–Trinajstić information content (AvgIpc) is 2.46. The summed E-state index contributed by atoms with van der Waals surface area (Å²) in [5.41, 5.74) is 1.67. The van der Waals surface area contributed by atoms with E-state index in [9.17, 15) is 14.9 Å². The summed E-state index contributed by atoms with van der Waals surface area (Å²) in [7, 11) is 0. The number of benzene rings is 1. The van der Waals surface area contributed by atoms with Crippen LogP contribution in [-0.2, 0) is 5.75 Å². The number of hydrogen-bond donors (Lipinski definition) is 1. The van der Waals surface area contributed by atoms with E-state index < -0.39 is 10.9 Å². The molecule has 1 heterocycles. The highest BCUT2D eigenvalue weighted by Gasteiger charge is 2.19. The number of nitrogens with zero attached hydrogens (tertiary/aromatic N) is 2. The van der Waals surface area contributed by atoms with Crippen LogP contribution >= 0.6 is 11.8 Å². The zero-order chi connectivity index (χ0) is 15.4. The molecular formula is C14H12N2O4S. The minimum absolute atomic E-state index is 0.193. The molecule has 1 aromatic carbocycles. The van der Waals surface area contributed by atoms with E-state index in [1.807, 2.05) is 31.2 Å². The van der Waals surface area contributed by atoms with Crippen molar-refractivity contribution in [3.05, 3.63) is 63.3 Å². The number of rotatable bonds is 5. The molecule has 21 heavy (non-hydrogen) atoms. The third-order valence-corrected chi connectivity index (χ3v) is 3.94. The summed E-state index contributed by atoms with van der Waals surface area (Å²) in [5.74, 6) is -0.700. The Labute approximate surface area is 125 Å². The second kappa shape index (κ2) is 6.36. The van der Waals surface area contributed by atoms with Gasteiger partial charge in [-0.2, -0.15) is 0 Å². The number of carbonyl (C=O) groups is 1. The molecule has 2 aromatic rings. The summed E-state index contributed by atoms with van der Waals surface area (Å²) in [5, 5.41) is 20.1. The second-order valence-electron chi connectivity index (χ2n) is 4.33. The van der Waals surface area contributed by atoms with Crippen molar-refractivity contribution in [3.8, 4) is 0 Å². The van der Waals surface area contributed by atoms with Crippen molar-refractivity contribution in [2.75, 3.05) is 0 Å². The van der Waals surface area contributed by atoms with Gasteiger partial charge in [0.1, 0.15) is 0 Å². The van der Waals surface area contributed by atoms with Crippen molar-refractivity contribution in [1.82, 2.24) is 4.98 Å². The molecule has 0 bridgehead atoms. The predicted molar refractivity (Wildman–Crippen MR) is 78.6 cm³/mol. The molecule has 0 amide bonds. The number of nitro groups is 1. The third kappa shape index (κ3) is 3.57. The molecule has 2 rings (SSSR count). The maximum Gasteiger partial charge on any atom is 0.337 e. The number of carboxylic acids is 1. The molecule has 0 atom stereocenters. The summed E-state index contributed by atoms with van der Waals surface area (Å²) in [6, 6.07) is 8.77. The van der Waals surface area contributed by atoms with Gasteiger partial charge in [0.05, 0.1) is 10.5 Å². The molecule has 0 radical (unpaired) electrons. The Morgan fingerprint density at radius 3 is 2.76 bits per heavy atom. The van der Waals surface area contributed by atoms with E-state index in [1.165, 1.54) is 11.8 Å². The summed E-state index contributed by atoms with van der Waals surface area (Å²) < 4.78 is 0. The molecule has 0 saturated carbocycles. The lowest BCUT2D eigenvalue weighted by molar-refractivity contribution is -0.388. The van der Waals surface area contributed by atoms with Crippen molar-refractivity contribution in [2.45, 2.75) is 17.7 Å². The third-order valence-electron chi connectivity index (χ3n) is 2.90. The molecule has 1 aromatic heterocycles. The first-order chi connectivity index (χ1) is 9.99. The van der Waals surface area contributed by atoms with Gasteiger partial charge in [0.2, 0.25) is 0 Å². The number of hydrogen-bond acceptors (Lipinski definition) is 5. The molecule has 0 unspecified atom stereocenters. The van der Waals surface area contributed by atoms with Crippen LogP contribution in [-0.4, -0.2) is 21.0 Å². The Morgan fingerprint density at radius 1 is 1.43 bits per heavy atom. The van der Waals surface area contributed by atoms with E-state index in [0.29, 0.717) is 5.75 Å². The van der Waals surface area contributed by atoms with Crippen molar-refractivity contribution >= 4 is 23.4 Å². The summed E-state index contributed by atoms with van der Waals surface area (Å²) >= 11 is 1.22. The first-order valence-electron chi connectivity index (χ1n) is 6.04. The molecule has 0 saturated heterocycles. The number of aryl methyl sites for hydroxylation is 1. The smallest absolute Gasteiger partial charge is 0.337 e. The zero-order valence-corrected chi connectivity index (χ0v) is 12.0. The van der Waals surface area contributed by atoms with E-state index in [4.69, 9.17) is 5.11 Å². The Hall–Kier alpha value is -2.41. The lowest BCUT2D eigenvalue weighted by Gasteiger charge is -2.05. The van der Waals surface area contributed by atoms with Crippen molar-refractivity contribution in [2.24, 2.45) is 0 Å². The maximum atomic E-state index is 11.0. The summed E-state index contributed by atoms with van der Waals surface area (Å²) in [4.78, 5) is 25.2. The summed E-state index contributed by atoms with van der Waals surface area (Å²) in [6.07, 6.45) is 1.13. The van der Waals surface area contributed by atoms with E-state index in [2.05, 4.69) is 4.98 Å². The van der Waals surface area contributed by atoms with E-state index >= 15 is 0 Å². The van der Waals surface area contributed by atoms with Gasteiger partial charge in [-0.05, 0) is 18.1 Å². The molecular weight excluding hydrogens is 292 g/mol. The van der Waals surface area contributed by atoms with Gasteiger partial charge >= 0.3 is 11.7 Å². The molecule has 6 nitrogen and oxygen atoms in total. The topological polar surface area (TPSA) is 93.3 Å². The van der Waals surface area contributed by atoms with Gasteiger partial charge in [-0.25, -0.2) is 9.78 Å². The van der Waals surface area contributed by atoms with Gasteiger partial charge in [0.15, 0.2) is 5.03 Å². The molecule has 0 aliphatic heterocycles. The van der Waals surface area contributed by atoms with E-state index in [-0.39, 0.29) is 16.3 Å². The van der Waals surface area contributed by atoms with Crippen molar-refractivity contribution in [3.63, 3.8) is 0 Å². The van der Waals surface area contributed by atoms with E-state index in [0.717, 1.165) is 23.4 Å². The molecule has 7 heteroatoms. The number of aromatic carboxylic acids is 1. The minimum atomic E-state index is -1.24. The first-order valence-corrected chi connectivity index (χ1v) is 7.02. The summed E-state index contributed by atoms with van der Waals surface area (Å²) in [6.45, 7) is 1.96. The van der Waals surface area contributed by atoms with Crippen LogP contribution in [0.4, 0.5) is 5.69 Å². The van der Waals surface area contributed by atoms with Crippen LogP contribution in [0.25, 0.3) is 0 Å². The Morgan fingerprint density at radius 2 is 2.14 bits per heavy atom. The van der Waals surface area contributed by atoms with Gasteiger partial charge in [-0.15, -0.1) is 0 Å². The lowest BCUT2D eigenvalue weighted by atomic mass is 10.1. The van der Waals surface area contributed by atoms with Crippen LogP contribution in [0.5, 0.6) is 0 Å². The van der Waals surface area contributed by atoms with Gasteiger partial charge < -0.3 is 5.11 Å². The number of carboxylic acid groups (broad SMARTS) is 1. The number of pyridine rings is 1. The number of thioether (sulfide) groups is 1. The highest BCUT2D eigenvalue weighted by Crippen LogP contribution is 2.30. The van der Waals surface area contributed by atoms with Gasteiger partial charge in [0, 0.05) is 18.0 Å². The van der Waals surface area contributed by atoms with Crippen LogP contribution in [0, 0.1) is 17.0 Å². The van der Waals surface area contributed by atoms with Crippen LogP contribution in [0.3, 0.4) is 0 Å². The quantitative estimate of drug-likeness (QED) is 0.517. The SMILES string of the molecule is Cc1ccccc1CSc1ncc(C(=O)O)cc1[N+](=O)[O-]. The molecule has 0 spiro atoms. The highest BCUT2D eigenvalue weighted by atomic mass is 32.2. The fourth-order valence-corrected chi connectivity index (χ4v) is 2.74.